The zero-order valence-electron chi connectivity index (χ0n) is 12.0. The summed E-state index contributed by atoms with van der Waals surface area (Å²) in [6, 6.07) is 4.93. The summed E-state index contributed by atoms with van der Waals surface area (Å²) in [6.07, 6.45) is 2.28. The van der Waals surface area contributed by atoms with Crippen LogP contribution < -0.4 is 5.32 Å². The van der Waals surface area contributed by atoms with Gasteiger partial charge in [0.15, 0.2) is 0 Å². The summed E-state index contributed by atoms with van der Waals surface area (Å²) in [5.74, 6) is -0.707. The van der Waals surface area contributed by atoms with E-state index >= 15 is 0 Å². The lowest BCUT2D eigenvalue weighted by Gasteiger charge is -2.23. The molecule has 0 saturated carbocycles. The molecule has 0 spiro atoms. The largest absolute Gasteiger partial charge is 0.348 e. The summed E-state index contributed by atoms with van der Waals surface area (Å²) >= 11 is 0. The number of benzene rings is 1. The minimum absolute atomic E-state index is 0.338. The molecule has 116 valence electrons. The predicted molar refractivity (Wildman–Crippen MR) is 77.5 cm³/mol. The maximum absolute atomic E-state index is 13.2. The van der Waals surface area contributed by atoms with Crippen molar-refractivity contribution in [3.63, 3.8) is 0 Å². The lowest BCUT2D eigenvalue weighted by atomic mass is 10.1. The van der Waals surface area contributed by atoms with Gasteiger partial charge in [-0.3, -0.25) is 4.79 Å². The maximum atomic E-state index is 13.2. The van der Waals surface area contributed by atoms with Crippen LogP contribution >= 0.6 is 0 Å². The zero-order valence-corrected chi connectivity index (χ0v) is 12.9. The summed E-state index contributed by atoms with van der Waals surface area (Å²) in [7, 11) is -3.39. The van der Waals surface area contributed by atoms with Crippen molar-refractivity contribution in [3.8, 4) is 0 Å². The van der Waals surface area contributed by atoms with Crippen LogP contribution in [0.2, 0.25) is 0 Å². The van der Waals surface area contributed by atoms with Crippen molar-refractivity contribution in [2.24, 2.45) is 0 Å². The number of hydrogen-bond acceptors (Lipinski definition) is 3. The van der Waals surface area contributed by atoms with E-state index < -0.39 is 16.1 Å². The average molecular weight is 314 g/mol. The first kappa shape index (κ1) is 15.9. The molecule has 0 radical (unpaired) electrons. The van der Waals surface area contributed by atoms with Crippen molar-refractivity contribution < 1.29 is 17.6 Å². The first-order valence-corrected chi connectivity index (χ1v) is 8.66. The summed E-state index contributed by atoms with van der Waals surface area (Å²) in [5.41, 5.74) is 0.646. The van der Waals surface area contributed by atoms with Crippen LogP contribution in [0.4, 0.5) is 4.39 Å². The van der Waals surface area contributed by atoms with E-state index in [-0.39, 0.29) is 17.8 Å². The van der Waals surface area contributed by atoms with Gasteiger partial charge in [0.1, 0.15) is 11.9 Å². The fourth-order valence-electron chi connectivity index (χ4n) is 2.57. The Morgan fingerprint density at radius 3 is 2.81 bits per heavy atom. The molecule has 1 heterocycles. The number of carbonyl (C=O) groups is 1. The molecule has 0 unspecified atom stereocenters. The second-order valence-electron chi connectivity index (χ2n) is 5.32. The monoisotopic (exact) mass is 314 g/mol. The van der Waals surface area contributed by atoms with Gasteiger partial charge >= 0.3 is 0 Å². The molecule has 0 aliphatic carbocycles. The highest BCUT2D eigenvalue weighted by Crippen LogP contribution is 2.22. The van der Waals surface area contributed by atoms with Gasteiger partial charge in [-0.05, 0) is 37.5 Å². The number of amides is 1. The number of nitrogens with one attached hydrogen (secondary N) is 1. The van der Waals surface area contributed by atoms with Crippen LogP contribution in [0.15, 0.2) is 24.3 Å². The van der Waals surface area contributed by atoms with Gasteiger partial charge in [0.2, 0.25) is 15.9 Å². The fourth-order valence-corrected chi connectivity index (χ4v) is 3.69. The SMILES string of the molecule is C[C@H](NC(=O)[C@H]1CCCN1S(C)(=O)=O)c1cccc(F)c1. The number of hydrogen-bond donors (Lipinski definition) is 1. The van der Waals surface area contributed by atoms with E-state index in [2.05, 4.69) is 5.32 Å². The van der Waals surface area contributed by atoms with Crippen molar-refractivity contribution >= 4 is 15.9 Å². The molecular formula is C14H19FN2O3S. The van der Waals surface area contributed by atoms with Crippen molar-refractivity contribution in [2.45, 2.75) is 31.8 Å². The number of halogens is 1. The summed E-state index contributed by atoms with van der Waals surface area (Å²) in [4.78, 5) is 12.3. The van der Waals surface area contributed by atoms with Crippen LogP contribution in [0.25, 0.3) is 0 Å². The highest BCUT2D eigenvalue weighted by molar-refractivity contribution is 7.88. The molecule has 2 rings (SSSR count). The molecule has 1 aromatic carbocycles. The Morgan fingerprint density at radius 1 is 1.48 bits per heavy atom. The Labute approximate surface area is 124 Å². The third-order valence-electron chi connectivity index (χ3n) is 3.64. The minimum Gasteiger partial charge on any atom is -0.348 e. The van der Waals surface area contributed by atoms with Crippen molar-refractivity contribution in [1.82, 2.24) is 9.62 Å². The molecule has 2 atom stereocenters. The van der Waals surface area contributed by atoms with E-state index in [0.29, 0.717) is 24.9 Å². The highest BCUT2D eigenvalue weighted by Gasteiger charge is 2.36. The Hall–Kier alpha value is -1.47. The Balaban J connectivity index is 2.07. The van der Waals surface area contributed by atoms with Crippen LogP contribution in [0.1, 0.15) is 31.4 Å². The minimum atomic E-state index is -3.39. The van der Waals surface area contributed by atoms with E-state index in [1.165, 1.54) is 16.4 Å². The normalized spacial score (nSPS) is 21.2. The van der Waals surface area contributed by atoms with Crippen LogP contribution in [0.3, 0.4) is 0 Å². The van der Waals surface area contributed by atoms with Gasteiger partial charge in [-0.1, -0.05) is 12.1 Å². The van der Waals surface area contributed by atoms with E-state index in [0.717, 1.165) is 6.26 Å². The van der Waals surface area contributed by atoms with Gasteiger partial charge in [0.05, 0.1) is 12.3 Å². The van der Waals surface area contributed by atoms with Crippen LogP contribution in [0, 0.1) is 5.82 Å². The van der Waals surface area contributed by atoms with Gasteiger partial charge in [0, 0.05) is 6.54 Å². The van der Waals surface area contributed by atoms with Crippen LogP contribution in [-0.2, 0) is 14.8 Å². The number of carbonyl (C=O) groups excluding carboxylic acids is 1. The Bertz CT molecular complexity index is 633. The summed E-state index contributed by atoms with van der Waals surface area (Å²) < 4.78 is 37.7. The second-order valence-corrected chi connectivity index (χ2v) is 7.25. The van der Waals surface area contributed by atoms with E-state index in [4.69, 9.17) is 0 Å². The second kappa shape index (κ2) is 6.11. The van der Waals surface area contributed by atoms with Gasteiger partial charge < -0.3 is 5.32 Å². The summed E-state index contributed by atoms with van der Waals surface area (Å²) in [5, 5.41) is 2.76. The Morgan fingerprint density at radius 2 is 2.19 bits per heavy atom. The molecule has 1 saturated heterocycles. The molecule has 0 aromatic heterocycles. The van der Waals surface area contributed by atoms with Gasteiger partial charge in [-0.15, -0.1) is 0 Å². The number of sulfonamides is 1. The van der Waals surface area contributed by atoms with Crippen LogP contribution in [0.5, 0.6) is 0 Å². The van der Waals surface area contributed by atoms with Crippen LogP contribution in [-0.4, -0.2) is 37.5 Å². The highest BCUT2D eigenvalue weighted by atomic mass is 32.2. The lowest BCUT2D eigenvalue weighted by Crippen LogP contribution is -2.46. The Kier molecular flexibility index (Phi) is 4.63. The molecule has 0 bridgehead atoms. The quantitative estimate of drug-likeness (QED) is 0.914. The number of nitrogens with zero attached hydrogens (tertiary/aromatic N) is 1. The third-order valence-corrected chi connectivity index (χ3v) is 4.93. The molecule has 1 aliphatic rings. The third kappa shape index (κ3) is 3.79. The molecule has 1 fully saturated rings. The van der Waals surface area contributed by atoms with Crippen molar-refractivity contribution in [1.29, 1.82) is 0 Å². The maximum Gasteiger partial charge on any atom is 0.238 e. The topological polar surface area (TPSA) is 66.5 Å². The molecule has 7 heteroatoms. The van der Waals surface area contributed by atoms with Gasteiger partial charge in [0.25, 0.3) is 0 Å². The molecule has 1 amide bonds. The molecule has 1 N–H and O–H groups in total. The van der Waals surface area contributed by atoms with Gasteiger partial charge in [-0.25, -0.2) is 12.8 Å². The average Bonchev–Trinajstić information content (AvgIpc) is 2.87. The van der Waals surface area contributed by atoms with E-state index in [9.17, 15) is 17.6 Å². The first-order chi connectivity index (χ1) is 9.79. The molecule has 21 heavy (non-hydrogen) atoms. The fraction of sp³-hybridized carbons (Fsp3) is 0.500. The van der Waals surface area contributed by atoms with Crippen molar-refractivity contribution in [3.05, 3.63) is 35.6 Å². The van der Waals surface area contributed by atoms with Crippen molar-refractivity contribution in [2.75, 3.05) is 12.8 Å². The van der Waals surface area contributed by atoms with E-state index in [1.807, 2.05) is 0 Å². The summed E-state index contributed by atoms with van der Waals surface area (Å²) in [6.45, 7) is 2.11. The standard InChI is InChI=1S/C14H19FN2O3S/c1-10(11-5-3-6-12(15)9-11)16-14(18)13-7-4-8-17(13)21(2,19)20/h3,5-6,9-10,13H,4,7-8H2,1-2H3,(H,16,18)/t10-,13+/m0/s1. The molecule has 1 aromatic rings. The van der Waals surface area contributed by atoms with Gasteiger partial charge in [-0.2, -0.15) is 4.31 Å². The zero-order chi connectivity index (χ0) is 15.6. The molecule has 1 aliphatic heterocycles. The lowest BCUT2D eigenvalue weighted by molar-refractivity contribution is -0.124. The smallest absolute Gasteiger partial charge is 0.238 e. The predicted octanol–water partition coefficient (Wildman–Crippen LogP) is 1.43. The molecular weight excluding hydrogens is 295 g/mol. The number of rotatable bonds is 4. The first-order valence-electron chi connectivity index (χ1n) is 6.81. The van der Waals surface area contributed by atoms with E-state index in [1.54, 1.807) is 19.1 Å². The molecule has 5 nitrogen and oxygen atoms in total.